The molecule has 0 saturated heterocycles. The fourth-order valence-corrected chi connectivity index (χ4v) is 2.71. The number of halogens is 2. The third kappa shape index (κ3) is 2.23. The van der Waals surface area contributed by atoms with Crippen LogP contribution < -0.4 is 5.73 Å². The lowest BCUT2D eigenvalue weighted by Gasteiger charge is -2.05. The molecule has 0 aliphatic rings. The number of allylic oxidation sites excluding steroid dienone is 1. The number of ether oxygens (including phenoxy) is 1. The van der Waals surface area contributed by atoms with E-state index in [-0.39, 0.29) is 11.3 Å². The zero-order valence-electron chi connectivity index (χ0n) is 11.3. The summed E-state index contributed by atoms with van der Waals surface area (Å²) in [7, 11) is 2.91. The van der Waals surface area contributed by atoms with Crippen LogP contribution in [0.15, 0.2) is 18.3 Å². The van der Waals surface area contributed by atoms with Crippen molar-refractivity contribution in [3.63, 3.8) is 0 Å². The number of aryl methyl sites for hydroxylation is 1. The van der Waals surface area contributed by atoms with Crippen LogP contribution in [0.4, 0.5) is 0 Å². The van der Waals surface area contributed by atoms with Crippen LogP contribution in [0.5, 0.6) is 0 Å². The molecule has 0 aliphatic carbocycles. The van der Waals surface area contributed by atoms with E-state index in [2.05, 4.69) is 0 Å². The van der Waals surface area contributed by atoms with Crippen molar-refractivity contribution in [3.8, 4) is 6.07 Å². The van der Waals surface area contributed by atoms with Crippen molar-refractivity contribution in [2.45, 2.75) is 0 Å². The molecule has 0 radical (unpaired) electrons. The molecule has 2 aromatic rings. The summed E-state index contributed by atoms with van der Waals surface area (Å²) in [5.74, 6) is -0.592. The number of nitrogens with zero attached hydrogens (tertiary/aromatic N) is 2. The Kier molecular flexibility index (Phi) is 4.12. The van der Waals surface area contributed by atoms with E-state index in [1.54, 1.807) is 23.7 Å². The lowest BCUT2D eigenvalue weighted by molar-refractivity contribution is 0.0590. The summed E-state index contributed by atoms with van der Waals surface area (Å²) in [6, 6.07) is 5.25. The first-order valence-electron chi connectivity index (χ1n) is 5.85. The topological polar surface area (TPSA) is 81.0 Å². The lowest BCUT2D eigenvalue weighted by Crippen LogP contribution is -2.10. The average molecular weight is 324 g/mol. The highest BCUT2D eigenvalue weighted by Gasteiger charge is 2.26. The molecule has 108 valence electrons. The van der Waals surface area contributed by atoms with Gasteiger partial charge in [0.25, 0.3) is 0 Å². The first-order chi connectivity index (χ1) is 9.97. The van der Waals surface area contributed by atoms with Gasteiger partial charge in [0.15, 0.2) is 0 Å². The van der Waals surface area contributed by atoms with E-state index >= 15 is 0 Å². The normalized spacial score (nSPS) is 11.5. The van der Waals surface area contributed by atoms with Gasteiger partial charge >= 0.3 is 5.97 Å². The Labute approximate surface area is 131 Å². The standard InChI is InChI=1S/C14H11Cl2N3O2/c1-19-12-8(3-4-9(15)11(12)16)10(7(5-17)6-18)13(19)14(20)21-2/h3-5H,17H2,1-2H3/b7-5-. The first-order valence-corrected chi connectivity index (χ1v) is 6.60. The highest BCUT2D eigenvalue weighted by Crippen LogP contribution is 2.38. The van der Waals surface area contributed by atoms with Gasteiger partial charge < -0.3 is 15.0 Å². The molecule has 0 bridgehead atoms. The SMILES string of the molecule is COC(=O)c1c(/C(C#N)=C\N)c2ccc(Cl)c(Cl)c2n1C. The molecule has 0 saturated carbocycles. The third-order valence-corrected chi connectivity index (χ3v) is 3.98. The Morgan fingerprint density at radius 2 is 2.14 bits per heavy atom. The lowest BCUT2D eigenvalue weighted by atomic mass is 10.0. The van der Waals surface area contributed by atoms with Gasteiger partial charge in [0.1, 0.15) is 11.8 Å². The summed E-state index contributed by atoms with van der Waals surface area (Å²) >= 11 is 12.2. The zero-order chi connectivity index (χ0) is 15.7. The first kappa shape index (κ1) is 15.2. The summed E-state index contributed by atoms with van der Waals surface area (Å²) in [6.45, 7) is 0. The smallest absolute Gasteiger partial charge is 0.355 e. The third-order valence-electron chi connectivity index (χ3n) is 3.18. The van der Waals surface area contributed by atoms with Crippen LogP contribution >= 0.6 is 23.2 Å². The second kappa shape index (κ2) is 5.68. The molecule has 2 rings (SSSR count). The number of rotatable bonds is 2. The van der Waals surface area contributed by atoms with Gasteiger partial charge in [-0.1, -0.05) is 29.3 Å². The Bertz CT molecular complexity index is 816. The van der Waals surface area contributed by atoms with E-state index < -0.39 is 5.97 Å². The molecule has 1 aromatic heterocycles. The number of methoxy groups -OCH3 is 1. The van der Waals surface area contributed by atoms with Crippen LogP contribution in [-0.2, 0) is 11.8 Å². The summed E-state index contributed by atoms with van der Waals surface area (Å²) in [4.78, 5) is 12.1. The van der Waals surface area contributed by atoms with Crippen molar-refractivity contribution in [2.24, 2.45) is 12.8 Å². The fourth-order valence-electron chi connectivity index (χ4n) is 2.26. The minimum Gasteiger partial charge on any atom is -0.464 e. The van der Waals surface area contributed by atoms with E-state index in [1.807, 2.05) is 6.07 Å². The number of carbonyl (C=O) groups is 1. The summed E-state index contributed by atoms with van der Waals surface area (Å²) < 4.78 is 6.33. The Balaban J connectivity index is 3.04. The predicted octanol–water partition coefficient (Wildman–Crippen LogP) is 3.09. The number of esters is 1. The number of carbonyl (C=O) groups excluding carboxylic acids is 1. The molecule has 5 nitrogen and oxygen atoms in total. The van der Waals surface area contributed by atoms with Crippen molar-refractivity contribution in [3.05, 3.63) is 39.6 Å². The largest absolute Gasteiger partial charge is 0.464 e. The quantitative estimate of drug-likeness (QED) is 0.680. The van der Waals surface area contributed by atoms with E-state index in [0.29, 0.717) is 26.5 Å². The molecule has 0 amide bonds. The summed E-state index contributed by atoms with van der Waals surface area (Å²) in [6.07, 6.45) is 1.14. The molecule has 0 spiro atoms. The van der Waals surface area contributed by atoms with E-state index in [0.717, 1.165) is 6.20 Å². The Morgan fingerprint density at radius 3 is 2.67 bits per heavy atom. The van der Waals surface area contributed by atoms with E-state index in [9.17, 15) is 10.1 Å². The van der Waals surface area contributed by atoms with Gasteiger partial charge in [-0.15, -0.1) is 0 Å². The van der Waals surface area contributed by atoms with Crippen LogP contribution in [-0.4, -0.2) is 17.6 Å². The maximum atomic E-state index is 12.1. The molecule has 7 heteroatoms. The highest BCUT2D eigenvalue weighted by atomic mass is 35.5. The fraction of sp³-hybridized carbons (Fsp3) is 0.143. The number of aromatic nitrogens is 1. The van der Waals surface area contributed by atoms with Crippen LogP contribution in [0.2, 0.25) is 10.0 Å². The van der Waals surface area contributed by atoms with Crippen molar-refractivity contribution in [1.82, 2.24) is 4.57 Å². The van der Waals surface area contributed by atoms with Crippen LogP contribution in [0.3, 0.4) is 0 Å². The maximum Gasteiger partial charge on any atom is 0.355 e. The minimum atomic E-state index is -0.592. The number of nitrogens with two attached hydrogens (primary N) is 1. The molecule has 1 aromatic carbocycles. The van der Waals surface area contributed by atoms with Gasteiger partial charge in [-0.05, 0) is 6.07 Å². The molecule has 0 atom stereocenters. The van der Waals surface area contributed by atoms with Gasteiger partial charge in [0, 0.05) is 24.2 Å². The van der Waals surface area contributed by atoms with Crippen molar-refractivity contribution < 1.29 is 9.53 Å². The second-order valence-corrected chi connectivity index (χ2v) is 5.01. The number of nitriles is 1. The highest BCUT2D eigenvalue weighted by molar-refractivity contribution is 6.45. The molecule has 0 fully saturated rings. The molecular weight excluding hydrogens is 313 g/mol. The molecular formula is C14H11Cl2N3O2. The average Bonchev–Trinajstić information content (AvgIpc) is 2.77. The van der Waals surface area contributed by atoms with Gasteiger partial charge in [-0.2, -0.15) is 5.26 Å². The molecule has 0 aliphatic heterocycles. The molecule has 2 N–H and O–H groups in total. The van der Waals surface area contributed by atoms with Crippen LogP contribution in [0.25, 0.3) is 16.5 Å². The van der Waals surface area contributed by atoms with Crippen LogP contribution in [0.1, 0.15) is 16.1 Å². The summed E-state index contributed by atoms with van der Waals surface area (Å²) in [5.41, 5.74) is 6.74. The van der Waals surface area contributed by atoms with E-state index in [4.69, 9.17) is 33.7 Å². The minimum absolute atomic E-state index is 0.152. The van der Waals surface area contributed by atoms with E-state index in [1.165, 1.54) is 7.11 Å². The monoisotopic (exact) mass is 323 g/mol. The van der Waals surface area contributed by atoms with Crippen LogP contribution in [0, 0.1) is 11.3 Å². The van der Waals surface area contributed by atoms with Crippen molar-refractivity contribution in [2.75, 3.05) is 7.11 Å². The zero-order valence-corrected chi connectivity index (χ0v) is 12.8. The molecule has 21 heavy (non-hydrogen) atoms. The van der Waals surface area contributed by atoms with Gasteiger partial charge in [0.2, 0.25) is 0 Å². The number of hydrogen-bond acceptors (Lipinski definition) is 4. The number of benzene rings is 1. The number of hydrogen-bond donors (Lipinski definition) is 1. The Morgan fingerprint density at radius 1 is 1.48 bits per heavy atom. The van der Waals surface area contributed by atoms with Gasteiger partial charge in [-0.25, -0.2) is 4.79 Å². The van der Waals surface area contributed by atoms with Crippen molar-refractivity contribution >= 4 is 45.6 Å². The second-order valence-electron chi connectivity index (χ2n) is 4.22. The molecule has 1 heterocycles. The van der Waals surface area contributed by atoms with Gasteiger partial charge in [-0.3, -0.25) is 0 Å². The number of fused-ring (bicyclic) bond motifs is 1. The molecule has 0 unspecified atom stereocenters. The Hall–Kier alpha value is -2.16. The van der Waals surface area contributed by atoms with Gasteiger partial charge in [0.05, 0.1) is 28.2 Å². The predicted molar refractivity (Wildman–Crippen MR) is 82.1 cm³/mol. The summed E-state index contributed by atoms with van der Waals surface area (Å²) in [5, 5.41) is 10.5. The maximum absolute atomic E-state index is 12.1. The van der Waals surface area contributed by atoms with Crippen molar-refractivity contribution in [1.29, 1.82) is 5.26 Å².